The second kappa shape index (κ2) is 31.9. The van der Waals surface area contributed by atoms with E-state index in [1.807, 2.05) is 60.7 Å². The molecule has 0 saturated heterocycles. The minimum Gasteiger partial charge on any atom is -0.444 e. The van der Waals surface area contributed by atoms with E-state index in [9.17, 15) is 47.9 Å². The predicted octanol–water partition coefficient (Wildman–Crippen LogP) is 10.6. The first kappa shape index (κ1) is 83.2. The molecule has 3 atom stereocenters. The largest absolute Gasteiger partial charge is 0.444 e. The van der Waals surface area contributed by atoms with Crippen LogP contribution in [0.25, 0.3) is 0 Å². The van der Waals surface area contributed by atoms with E-state index in [1.165, 1.54) is 78.9 Å². The second-order valence-electron chi connectivity index (χ2n) is 31.3. The van der Waals surface area contributed by atoms with Crippen molar-refractivity contribution < 1.29 is 52.5 Å². The van der Waals surface area contributed by atoms with Gasteiger partial charge in [0.25, 0.3) is 34.4 Å². The molecule has 0 bridgehead atoms. The first-order valence-corrected chi connectivity index (χ1v) is 37.8. The van der Waals surface area contributed by atoms with Crippen LogP contribution < -0.4 is 70.7 Å². The number of rotatable bonds is 6. The lowest BCUT2D eigenvalue weighted by Crippen LogP contribution is -2.59. The van der Waals surface area contributed by atoms with Crippen molar-refractivity contribution in [2.24, 2.45) is 0 Å². The van der Waals surface area contributed by atoms with Gasteiger partial charge in [-0.25, -0.2) is 49.1 Å². The molecule has 35 nitrogen and oxygen atoms in total. The average Bonchev–Trinajstić information content (AvgIpc) is 1.55. The number of hydrogen-bond donors (Lipinski definition) is 10. The van der Waals surface area contributed by atoms with Gasteiger partial charge in [0.1, 0.15) is 105 Å². The number of pyridine rings is 3. The monoisotopic (exact) mass is 1710 g/mol. The lowest BCUT2D eigenvalue weighted by Gasteiger charge is -2.42. The third-order valence-electron chi connectivity index (χ3n) is 17.9. The van der Waals surface area contributed by atoms with Gasteiger partial charge in [-0.05, 0) is 134 Å². The molecular formula is C77H81BrCl3N21O14. The fraction of sp³-hybridized carbons (Fsp3) is 0.325. The molecule has 15 rings (SSSR count). The van der Waals surface area contributed by atoms with Crippen molar-refractivity contribution in [3.05, 3.63) is 229 Å². The highest BCUT2D eigenvalue weighted by Crippen LogP contribution is 2.43. The maximum absolute atomic E-state index is 14.2. The Morgan fingerprint density at radius 1 is 0.448 bits per heavy atom. The molecule has 3 aromatic carbocycles. The Morgan fingerprint density at radius 3 is 1.22 bits per heavy atom. The Kier molecular flexibility index (Phi) is 22.8. The van der Waals surface area contributed by atoms with E-state index in [4.69, 9.17) is 65.2 Å². The fourth-order valence-electron chi connectivity index (χ4n) is 13.7. The number of aromatic nitrogens is 9. The molecule has 12 N–H and O–H groups in total. The van der Waals surface area contributed by atoms with Crippen LogP contribution in [0.2, 0.25) is 15.1 Å². The highest BCUT2D eigenvalue weighted by molar-refractivity contribution is 9.10. The first-order chi connectivity index (χ1) is 54.5. The number of hydrogen-bond acceptors (Lipinski definition) is 25. The minimum absolute atomic E-state index is 0.00147. The number of fused-ring (bicyclic) bond motifs is 12. The Balaban J connectivity index is 0.000000150. The molecule has 6 aliphatic heterocycles. The van der Waals surface area contributed by atoms with Crippen LogP contribution in [0.15, 0.2) is 147 Å². The Morgan fingerprint density at radius 2 is 0.793 bits per heavy atom. The lowest BCUT2D eigenvalue weighted by atomic mass is 9.89. The predicted molar refractivity (Wildman–Crippen MR) is 434 cm³/mol. The Hall–Kier alpha value is -12.3. The Labute approximate surface area is 686 Å². The highest BCUT2D eigenvalue weighted by Gasteiger charge is 2.55. The van der Waals surface area contributed by atoms with Crippen LogP contribution in [0.4, 0.5) is 65.5 Å². The van der Waals surface area contributed by atoms with Gasteiger partial charge in [0.05, 0.1) is 32.6 Å². The zero-order chi connectivity index (χ0) is 84.1. The number of nitrogens with two attached hydrogens (primary N) is 2. The third-order valence-corrected chi connectivity index (χ3v) is 19.4. The molecule has 7 amide bonds. The second-order valence-corrected chi connectivity index (χ2v) is 33.3. The number of halogens is 4. The van der Waals surface area contributed by atoms with Crippen molar-refractivity contribution >= 4 is 139 Å². The fourth-order valence-corrected chi connectivity index (χ4v) is 15.1. The summed E-state index contributed by atoms with van der Waals surface area (Å²) in [6, 6.07) is 30.8. The number of anilines is 8. The quantitative estimate of drug-likeness (QED) is 0.0691. The van der Waals surface area contributed by atoms with Crippen molar-refractivity contribution in [3.63, 3.8) is 0 Å². The van der Waals surface area contributed by atoms with Gasteiger partial charge in [0.15, 0.2) is 17.0 Å². The molecule has 9 aromatic rings. The zero-order valence-electron chi connectivity index (χ0n) is 64.7. The van der Waals surface area contributed by atoms with Crippen LogP contribution in [0.5, 0.6) is 0 Å². The third kappa shape index (κ3) is 17.5. The summed E-state index contributed by atoms with van der Waals surface area (Å²) in [4.78, 5) is 156. The van der Waals surface area contributed by atoms with Gasteiger partial charge in [-0.1, -0.05) is 108 Å². The maximum Gasteiger partial charge on any atom is 0.413 e. The average molecular weight is 1710 g/mol. The van der Waals surface area contributed by atoms with Crippen molar-refractivity contribution in [2.45, 2.75) is 142 Å². The summed E-state index contributed by atoms with van der Waals surface area (Å²) in [6.45, 7) is 22.6. The molecule has 3 unspecified atom stereocenters. The van der Waals surface area contributed by atoms with Crippen LogP contribution in [-0.2, 0) is 55.6 Å². The number of ether oxygens (including phenoxy) is 4. The summed E-state index contributed by atoms with van der Waals surface area (Å²) in [7, 11) is 0. The smallest absolute Gasteiger partial charge is 0.413 e. The number of carbonyl (C=O) groups is 7. The molecule has 116 heavy (non-hydrogen) atoms. The SMILES string of the molecule is CC(C)(C)OC(=O)N1Cc2ccccc2C2(C1)NC(=O)c1c(Cl)cc(Br)c(=O)n12.CC(C)(C)OC(=O)Nc1cc(N)ncn1.CC(C)(C)OC(=O)Nc1cc(Nc2cc(Cl)c3n(c2=O)C2(CN(C(=O)OC(C)(C)C)Cc4ccccc42)NC3=O)ncn1.Nc1cc(Nc2cc(Cl)c3n(c2=O)C2(CNCc4ccccc42)NC3=O)ncn1. The molecule has 3 spiro atoms. The number of carbonyl (C=O) groups excluding carboxylic acids is 7. The highest BCUT2D eigenvalue weighted by atomic mass is 79.9. The number of nitrogens with one attached hydrogen (secondary N) is 8. The van der Waals surface area contributed by atoms with Crippen LogP contribution in [0, 0.1) is 0 Å². The van der Waals surface area contributed by atoms with Crippen molar-refractivity contribution in [1.82, 2.24) is 74.7 Å². The van der Waals surface area contributed by atoms with E-state index >= 15 is 0 Å². The van der Waals surface area contributed by atoms with Gasteiger partial charge in [-0.3, -0.25) is 62.9 Å². The van der Waals surface area contributed by atoms with Crippen molar-refractivity contribution in [3.8, 4) is 0 Å². The van der Waals surface area contributed by atoms with Crippen LogP contribution in [0.1, 0.15) is 148 Å². The molecule has 0 fully saturated rings. The molecule has 0 aliphatic carbocycles. The van der Waals surface area contributed by atoms with E-state index in [-0.39, 0.29) is 90.9 Å². The van der Waals surface area contributed by atoms with Gasteiger partial charge in [-0.2, -0.15) is 0 Å². The van der Waals surface area contributed by atoms with E-state index in [0.29, 0.717) is 36.8 Å². The summed E-state index contributed by atoms with van der Waals surface area (Å²) >= 11 is 22.6. The molecule has 0 saturated carbocycles. The van der Waals surface area contributed by atoms with Gasteiger partial charge in [0, 0.05) is 61.1 Å². The maximum atomic E-state index is 14.2. The summed E-state index contributed by atoms with van der Waals surface area (Å²) in [5, 5.41) is 23.3. The number of amides is 7. The van der Waals surface area contributed by atoms with Crippen molar-refractivity contribution in [2.75, 3.05) is 52.4 Å². The van der Waals surface area contributed by atoms with E-state index < -0.39 is 98.2 Å². The molecule has 12 heterocycles. The van der Waals surface area contributed by atoms with Crippen LogP contribution in [-0.4, -0.2) is 138 Å². The van der Waals surface area contributed by atoms with Gasteiger partial charge in [0.2, 0.25) is 0 Å². The normalized spacial score (nSPS) is 17.9. The van der Waals surface area contributed by atoms with Crippen LogP contribution >= 0.6 is 50.7 Å². The molecule has 606 valence electrons. The molecule has 39 heteroatoms. The minimum atomic E-state index is -1.47. The summed E-state index contributed by atoms with van der Waals surface area (Å²) in [6.07, 6.45) is 1.35. The topological polar surface area (TPSA) is 455 Å². The number of nitrogen functional groups attached to an aromatic ring is 2. The molecule has 6 aromatic heterocycles. The molecular weight excluding hydrogens is 1630 g/mol. The van der Waals surface area contributed by atoms with Gasteiger partial charge < -0.3 is 62.3 Å². The number of nitrogens with zero attached hydrogens (tertiary/aromatic N) is 11. The van der Waals surface area contributed by atoms with E-state index in [0.717, 1.165) is 27.8 Å². The first-order valence-electron chi connectivity index (χ1n) is 35.9. The van der Waals surface area contributed by atoms with Crippen molar-refractivity contribution in [1.29, 1.82) is 0 Å². The van der Waals surface area contributed by atoms with Gasteiger partial charge >= 0.3 is 24.4 Å². The summed E-state index contributed by atoms with van der Waals surface area (Å²) in [5.41, 5.74) is 8.28. The zero-order valence-corrected chi connectivity index (χ0v) is 68.5. The summed E-state index contributed by atoms with van der Waals surface area (Å²) < 4.78 is 25.7. The Bertz CT molecular complexity index is 5690. The molecule has 0 radical (unpaired) electrons. The van der Waals surface area contributed by atoms with E-state index in [2.05, 4.69) is 88.4 Å². The lowest BCUT2D eigenvalue weighted by molar-refractivity contribution is 0.0116. The molecule has 6 aliphatic rings. The van der Waals surface area contributed by atoms with E-state index in [1.54, 1.807) is 95.2 Å². The number of benzene rings is 3. The standard InChI is InChI=1S/C29H32ClN7O6.C20H19BrClN3O4.C19H16ClN7O2.C9H14N4O2/c1-27(2,3)42-25(40)34-21-12-20(31-15-32-21)33-19-11-18(30)22-23(38)35-29(37(22)24(19)39)14-36(26(41)43-28(4,5)6)13-16-9-7-8-10-17(16)29;1-19(2,3)29-18(28)24-9-11-6-4-5-7-12(11)20(10-24)23-16(26)15-14(22)8-13(21)17(27)25(15)20;20-12-5-13(25-15-6-14(21)23-9-24-15)18(29)27-16(12)17(28)26-19(27)8-22-7-10-3-1-2-4-11(10)19;1-9(2,3)15-8(14)13-7-4-6(10)11-5-12-7/h7-12,15H,13-14H2,1-6H3,(H,35,38)(H2,31,32,33,34,40);4-8H,9-10H2,1-3H3,(H,23,26);1-6,9,22H,7-8H2,(H,26,28)(H3,21,23,24,25);4-5H,1-3H3,(H3,10,11,12,13,14). The summed E-state index contributed by atoms with van der Waals surface area (Å²) in [5.74, 6) is 0.0625. The van der Waals surface area contributed by atoms with Gasteiger partial charge in [-0.15, -0.1) is 0 Å². The van der Waals surface area contributed by atoms with Crippen LogP contribution in [0.3, 0.4) is 0 Å².